The van der Waals surface area contributed by atoms with Gasteiger partial charge in [-0.15, -0.1) is 0 Å². The average Bonchev–Trinajstić information content (AvgIpc) is 2.38. The number of benzene rings is 1. The van der Waals surface area contributed by atoms with Crippen LogP contribution >= 0.6 is 0 Å². The molecule has 112 valence electrons. The van der Waals surface area contributed by atoms with Gasteiger partial charge in [0.15, 0.2) is 0 Å². The SMILES string of the molecule is CCNC(C)c1cccc(NC(=O)NCCC(C)C)c1. The summed E-state index contributed by atoms with van der Waals surface area (Å²) >= 11 is 0. The van der Waals surface area contributed by atoms with E-state index in [0.29, 0.717) is 12.5 Å². The van der Waals surface area contributed by atoms with Gasteiger partial charge in [0, 0.05) is 18.3 Å². The molecule has 0 heterocycles. The molecule has 1 rings (SSSR count). The number of amides is 2. The Morgan fingerprint density at radius 3 is 2.65 bits per heavy atom. The molecule has 0 aliphatic rings. The van der Waals surface area contributed by atoms with Gasteiger partial charge in [-0.2, -0.15) is 0 Å². The lowest BCUT2D eigenvalue weighted by Crippen LogP contribution is -2.30. The molecule has 4 heteroatoms. The van der Waals surface area contributed by atoms with E-state index in [2.05, 4.69) is 49.7 Å². The van der Waals surface area contributed by atoms with Crippen LogP contribution in [0.25, 0.3) is 0 Å². The Balaban J connectivity index is 2.51. The van der Waals surface area contributed by atoms with Crippen molar-refractivity contribution in [1.29, 1.82) is 0 Å². The summed E-state index contributed by atoms with van der Waals surface area (Å²) in [6.45, 7) is 10.1. The van der Waals surface area contributed by atoms with Crippen molar-refractivity contribution in [2.45, 2.75) is 40.2 Å². The summed E-state index contributed by atoms with van der Waals surface area (Å²) in [6.07, 6.45) is 0.991. The first-order chi connectivity index (χ1) is 9.52. The van der Waals surface area contributed by atoms with Crippen LogP contribution in [0.3, 0.4) is 0 Å². The summed E-state index contributed by atoms with van der Waals surface area (Å²) in [4.78, 5) is 11.8. The lowest BCUT2D eigenvalue weighted by molar-refractivity contribution is 0.251. The average molecular weight is 277 g/mol. The van der Waals surface area contributed by atoms with Crippen LogP contribution in [0.5, 0.6) is 0 Å². The first-order valence-corrected chi connectivity index (χ1v) is 7.41. The Bertz CT molecular complexity index is 418. The molecule has 4 nitrogen and oxygen atoms in total. The molecule has 0 fully saturated rings. The number of anilines is 1. The van der Waals surface area contributed by atoms with E-state index in [-0.39, 0.29) is 12.1 Å². The van der Waals surface area contributed by atoms with E-state index in [4.69, 9.17) is 0 Å². The van der Waals surface area contributed by atoms with Crippen molar-refractivity contribution >= 4 is 11.7 Å². The zero-order valence-corrected chi connectivity index (χ0v) is 13.0. The van der Waals surface area contributed by atoms with Crippen molar-refractivity contribution in [1.82, 2.24) is 10.6 Å². The van der Waals surface area contributed by atoms with Gasteiger partial charge < -0.3 is 16.0 Å². The van der Waals surface area contributed by atoms with E-state index in [1.54, 1.807) is 0 Å². The van der Waals surface area contributed by atoms with Gasteiger partial charge in [-0.3, -0.25) is 0 Å². The smallest absolute Gasteiger partial charge is 0.319 e. The summed E-state index contributed by atoms with van der Waals surface area (Å²) in [5, 5.41) is 9.11. The van der Waals surface area contributed by atoms with Crippen LogP contribution in [-0.2, 0) is 0 Å². The summed E-state index contributed by atoms with van der Waals surface area (Å²) in [6, 6.07) is 8.09. The van der Waals surface area contributed by atoms with Crippen LogP contribution in [0.4, 0.5) is 10.5 Å². The number of hydrogen-bond acceptors (Lipinski definition) is 2. The van der Waals surface area contributed by atoms with Gasteiger partial charge in [0.05, 0.1) is 0 Å². The van der Waals surface area contributed by atoms with Gasteiger partial charge in [0.25, 0.3) is 0 Å². The fourth-order valence-corrected chi connectivity index (χ4v) is 1.96. The minimum atomic E-state index is -0.140. The highest BCUT2D eigenvalue weighted by Gasteiger charge is 2.06. The largest absolute Gasteiger partial charge is 0.338 e. The lowest BCUT2D eigenvalue weighted by atomic mass is 10.1. The van der Waals surface area contributed by atoms with E-state index in [1.807, 2.05) is 18.2 Å². The summed E-state index contributed by atoms with van der Waals surface area (Å²) in [5.74, 6) is 0.597. The fourth-order valence-electron chi connectivity index (χ4n) is 1.96. The normalized spacial score (nSPS) is 12.2. The maximum absolute atomic E-state index is 11.8. The first-order valence-electron chi connectivity index (χ1n) is 7.41. The second-order valence-corrected chi connectivity index (χ2v) is 5.47. The summed E-state index contributed by atoms with van der Waals surface area (Å²) in [7, 11) is 0. The Labute approximate surface area is 122 Å². The Kier molecular flexibility index (Phi) is 7.09. The van der Waals surface area contributed by atoms with Crippen LogP contribution in [0.2, 0.25) is 0 Å². The molecule has 0 aromatic heterocycles. The Hall–Kier alpha value is -1.55. The Morgan fingerprint density at radius 2 is 2.00 bits per heavy atom. The third-order valence-electron chi connectivity index (χ3n) is 3.16. The molecule has 0 bridgehead atoms. The second kappa shape index (κ2) is 8.59. The molecule has 0 spiro atoms. The molecular formula is C16H27N3O. The van der Waals surface area contributed by atoms with Gasteiger partial charge in [-0.25, -0.2) is 4.79 Å². The molecule has 1 aromatic carbocycles. The van der Waals surface area contributed by atoms with Crippen LogP contribution < -0.4 is 16.0 Å². The molecule has 2 amide bonds. The van der Waals surface area contributed by atoms with E-state index < -0.39 is 0 Å². The fraction of sp³-hybridized carbons (Fsp3) is 0.562. The van der Waals surface area contributed by atoms with E-state index in [9.17, 15) is 4.79 Å². The monoisotopic (exact) mass is 277 g/mol. The number of carbonyl (C=O) groups is 1. The number of nitrogens with one attached hydrogen (secondary N) is 3. The number of rotatable bonds is 7. The van der Waals surface area contributed by atoms with Crippen molar-refractivity contribution in [3.63, 3.8) is 0 Å². The number of hydrogen-bond donors (Lipinski definition) is 3. The molecule has 0 radical (unpaired) electrons. The molecule has 0 saturated heterocycles. The van der Waals surface area contributed by atoms with Crippen molar-refractivity contribution in [3.8, 4) is 0 Å². The summed E-state index contributed by atoms with van der Waals surface area (Å²) in [5.41, 5.74) is 2.00. The predicted octanol–water partition coefficient (Wildman–Crippen LogP) is 3.52. The molecule has 1 atom stereocenters. The standard InChI is InChI=1S/C16H27N3O/c1-5-17-13(4)14-7-6-8-15(11-14)19-16(20)18-10-9-12(2)3/h6-8,11-13,17H,5,9-10H2,1-4H3,(H2,18,19,20). The molecule has 0 aliphatic heterocycles. The Morgan fingerprint density at radius 1 is 1.25 bits per heavy atom. The maximum Gasteiger partial charge on any atom is 0.319 e. The van der Waals surface area contributed by atoms with Crippen LogP contribution in [0, 0.1) is 5.92 Å². The topological polar surface area (TPSA) is 53.2 Å². The van der Waals surface area contributed by atoms with Gasteiger partial charge in [-0.1, -0.05) is 32.9 Å². The van der Waals surface area contributed by atoms with Gasteiger partial charge in [-0.05, 0) is 43.5 Å². The van der Waals surface area contributed by atoms with E-state index in [1.165, 1.54) is 5.56 Å². The van der Waals surface area contributed by atoms with Gasteiger partial charge >= 0.3 is 6.03 Å². The highest BCUT2D eigenvalue weighted by atomic mass is 16.2. The minimum absolute atomic E-state index is 0.140. The van der Waals surface area contributed by atoms with Crippen molar-refractivity contribution in [3.05, 3.63) is 29.8 Å². The predicted molar refractivity (Wildman–Crippen MR) is 85.0 cm³/mol. The zero-order chi connectivity index (χ0) is 15.0. The van der Waals surface area contributed by atoms with Gasteiger partial charge in [0.1, 0.15) is 0 Å². The van der Waals surface area contributed by atoms with Crippen LogP contribution in [-0.4, -0.2) is 19.1 Å². The molecule has 1 aromatic rings. The molecule has 20 heavy (non-hydrogen) atoms. The van der Waals surface area contributed by atoms with Crippen molar-refractivity contribution in [2.24, 2.45) is 5.92 Å². The van der Waals surface area contributed by atoms with E-state index >= 15 is 0 Å². The van der Waals surface area contributed by atoms with Crippen LogP contribution in [0.15, 0.2) is 24.3 Å². The third-order valence-corrected chi connectivity index (χ3v) is 3.16. The van der Waals surface area contributed by atoms with Crippen LogP contribution in [0.1, 0.15) is 45.7 Å². The lowest BCUT2D eigenvalue weighted by Gasteiger charge is -2.14. The molecule has 0 aliphatic carbocycles. The van der Waals surface area contributed by atoms with E-state index in [0.717, 1.165) is 18.7 Å². The minimum Gasteiger partial charge on any atom is -0.338 e. The molecule has 3 N–H and O–H groups in total. The van der Waals surface area contributed by atoms with Crippen molar-refractivity contribution < 1.29 is 4.79 Å². The highest BCUT2D eigenvalue weighted by Crippen LogP contribution is 2.17. The molecule has 0 saturated carbocycles. The van der Waals surface area contributed by atoms with Gasteiger partial charge in [0.2, 0.25) is 0 Å². The number of urea groups is 1. The maximum atomic E-state index is 11.8. The second-order valence-electron chi connectivity index (χ2n) is 5.47. The number of carbonyl (C=O) groups excluding carboxylic acids is 1. The summed E-state index contributed by atoms with van der Waals surface area (Å²) < 4.78 is 0. The van der Waals surface area contributed by atoms with Crippen molar-refractivity contribution in [2.75, 3.05) is 18.4 Å². The third kappa shape index (κ3) is 6.06. The quantitative estimate of drug-likeness (QED) is 0.714. The zero-order valence-electron chi connectivity index (χ0n) is 13.0. The molecular weight excluding hydrogens is 250 g/mol. The highest BCUT2D eigenvalue weighted by molar-refractivity contribution is 5.89. The first kappa shape index (κ1) is 16.5. The molecule has 1 unspecified atom stereocenters.